The molecule has 0 aliphatic heterocycles. The molecule has 3 aromatic rings. The summed E-state index contributed by atoms with van der Waals surface area (Å²) in [5, 5.41) is 9.14. The molecule has 0 saturated carbocycles. The third-order valence-electron chi connectivity index (χ3n) is 2.91. The second kappa shape index (κ2) is 4.10. The summed E-state index contributed by atoms with van der Waals surface area (Å²) >= 11 is 0. The molecule has 19 heavy (non-hydrogen) atoms. The smallest absolute Gasteiger partial charge is 0.205 e. The van der Waals surface area contributed by atoms with Crippen molar-refractivity contribution in [3.63, 3.8) is 0 Å². The van der Waals surface area contributed by atoms with E-state index < -0.39 is 0 Å². The van der Waals surface area contributed by atoms with Crippen LogP contribution in [0.4, 0.5) is 10.3 Å². The zero-order valence-corrected chi connectivity index (χ0v) is 9.84. The second-order valence-corrected chi connectivity index (χ2v) is 4.07. The van der Waals surface area contributed by atoms with Crippen LogP contribution in [0.5, 0.6) is 0 Å². The van der Waals surface area contributed by atoms with E-state index in [1.807, 2.05) is 6.07 Å². The topological polar surface area (TPSA) is 67.6 Å². The molecule has 0 spiro atoms. The first-order valence-corrected chi connectivity index (χ1v) is 5.63. The fourth-order valence-corrected chi connectivity index (χ4v) is 2.09. The predicted molar refractivity (Wildman–Crippen MR) is 70.2 cm³/mol. The minimum Gasteiger partial charge on any atom is -0.369 e. The molecule has 0 aliphatic carbocycles. The van der Waals surface area contributed by atoms with Crippen LogP contribution in [0.1, 0.15) is 5.56 Å². The molecule has 3 rings (SSSR count). The van der Waals surface area contributed by atoms with Gasteiger partial charge in [0.05, 0.1) is 22.3 Å². The number of para-hydroxylation sites is 1. The SMILES string of the molecule is N#Cc1ccccc1-n1c(N)nc2cc(F)ccc21. The van der Waals surface area contributed by atoms with Crippen molar-refractivity contribution in [2.75, 3.05) is 5.73 Å². The van der Waals surface area contributed by atoms with Crippen molar-refractivity contribution >= 4 is 17.0 Å². The molecule has 0 bridgehead atoms. The minimum absolute atomic E-state index is 0.225. The summed E-state index contributed by atoms with van der Waals surface area (Å²) in [6, 6.07) is 13.4. The van der Waals surface area contributed by atoms with E-state index in [-0.39, 0.29) is 11.8 Å². The van der Waals surface area contributed by atoms with Crippen molar-refractivity contribution in [2.45, 2.75) is 0 Å². The monoisotopic (exact) mass is 252 g/mol. The number of rotatable bonds is 1. The van der Waals surface area contributed by atoms with E-state index in [0.29, 0.717) is 22.3 Å². The van der Waals surface area contributed by atoms with Crippen molar-refractivity contribution < 1.29 is 4.39 Å². The average Bonchev–Trinajstić information content (AvgIpc) is 2.73. The van der Waals surface area contributed by atoms with Crippen molar-refractivity contribution in [3.8, 4) is 11.8 Å². The van der Waals surface area contributed by atoms with Crippen molar-refractivity contribution in [1.82, 2.24) is 9.55 Å². The number of hydrogen-bond acceptors (Lipinski definition) is 3. The van der Waals surface area contributed by atoms with Crippen LogP contribution in [0.15, 0.2) is 42.5 Å². The molecule has 0 fully saturated rings. The fraction of sp³-hybridized carbons (Fsp3) is 0. The molecule has 2 aromatic carbocycles. The lowest BCUT2D eigenvalue weighted by atomic mass is 10.2. The molecule has 0 radical (unpaired) electrons. The Hall–Kier alpha value is -2.87. The Bertz CT molecular complexity index is 814. The molecular weight excluding hydrogens is 243 g/mol. The van der Waals surface area contributed by atoms with E-state index in [1.165, 1.54) is 12.1 Å². The second-order valence-electron chi connectivity index (χ2n) is 4.07. The molecule has 0 saturated heterocycles. The Balaban J connectivity index is 2.37. The molecule has 2 N–H and O–H groups in total. The first-order chi connectivity index (χ1) is 9.20. The summed E-state index contributed by atoms with van der Waals surface area (Å²) in [7, 11) is 0. The maximum absolute atomic E-state index is 13.2. The van der Waals surface area contributed by atoms with Gasteiger partial charge in [0.2, 0.25) is 5.95 Å². The van der Waals surface area contributed by atoms with E-state index >= 15 is 0 Å². The summed E-state index contributed by atoms with van der Waals surface area (Å²) in [6.45, 7) is 0. The lowest BCUT2D eigenvalue weighted by molar-refractivity contribution is 0.629. The minimum atomic E-state index is -0.370. The van der Waals surface area contributed by atoms with E-state index in [9.17, 15) is 4.39 Å². The average molecular weight is 252 g/mol. The standard InChI is InChI=1S/C14H9FN4/c15-10-5-6-13-11(7-10)18-14(17)19(13)12-4-2-1-3-9(12)8-16/h1-7H,(H2,17,18). The summed E-state index contributed by atoms with van der Waals surface area (Å²) in [4.78, 5) is 4.12. The largest absolute Gasteiger partial charge is 0.369 e. The van der Waals surface area contributed by atoms with Gasteiger partial charge in [-0.15, -0.1) is 0 Å². The highest BCUT2D eigenvalue weighted by atomic mass is 19.1. The number of nitrogens with zero attached hydrogens (tertiary/aromatic N) is 3. The van der Waals surface area contributed by atoms with E-state index in [0.717, 1.165) is 0 Å². The number of halogens is 1. The lowest BCUT2D eigenvalue weighted by Gasteiger charge is -2.07. The highest BCUT2D eigenvalue weighted by molar-refractivity contribution is 5.81. The molecule has 0 unspecified atom stereocenters. The van der Waals surface area contributed by atoms with Gasteiger partial charge in [0, 0.05) is 6.07 Å². The number of nitrogen functional groups attached to an aromatic ring is 1. The van der Waals surface area contributed by atoms with Gasteiger partial charge in [-0.05, 0) is 24.3 Å². The summed E-state index contributed by atoms with van der Waals surface area (Å²) < 4.78 is 14.8. The summed E-state index contributed by atoms with van der Waals surface area (Å²) in [5.74, 6) is -0.144. The Morgan fingerprint density at radius 3 is 2.79 bits per heavy atom. The molecule has 92 valence electrons. The zero-order chi connectivity index (χ0) is 13.4. The van der Waals surface area contributed by atoms with Crippen molar-refractivity contribution in [3.05, 3.63) is 53.8 Å². The van der Waals surface area contributed by atoms with Crippen LogP contribution in [-0.4, -0.2) is 9.55 Å². The van der Waals surface area contributed by atoms with Gasteiger partial charge in [-0.25, -0.2) is 9.37 Å². The normalized spacial score (nSPS) is 10.5. The van der Waals surface area contributed by atoms with Crippen LogP contribution >= 0.6 is 0 Å². The number of hydrogen-bond donors (Lipinski definition) is 1. The predicted octanol–water partition coefficient (Wildman–Crippen LogP) is 2.62. The quantitative estimate of drug-likeness (QED) is 0.723. The number of fused-ring (bicyclic) bond motifs is 1. The van der Waals surface area contributed by atoms with Crippen molar-refractivity contribution in [1.29, 1.82) is 5.26 Å². The molecule has 0 amide bonds. The number of nitriles is 1. The Morgan fingerprint density at radius 1 is 1.21 bits per heavy atom. The van der Waals surface area contributed by atoms with Crippen LogP contribution in [0, 0.1) is 17.1 Å². The highest BCUT2D eigenvalue weighted by Gasteiger charge is 2.13. The molecule has 4 nitrogen and oxygen atoms in total. The molecular formula is C14H9FN4. The van der Waals surface area contributed by atoms with Crippen LogP contribution in [-0.2, 0) is 0 Å². The summed E-state index contributed by atoms with van der Waals surface area (Å²) in [5.41, 5.74) is 8.13. The molecule has 1 aromatic heterocycles. The van der Waals surface area contributed by atoms with Crippen LogP contribution in [0.3, 0.4) is 0 Å². The zero-order valence-electron chi connectivity index (χ0n) is 9.84. The van der Waals surface area contributed by atoms with Crippen molar-refractivity contribution in [2.24, 2.45) is 0 Å². The van der Waals surface area contributed by atoms with Gasteiger partial charge in [-0.2, -0.15) is 5.26 Å². The van der Waals surface area contributed by atoms with Crippen LogP contribution in [0.2, 0.25) is 0 Å². The summed E-state index contributed by atoms with van der Waals surface area (Å²) in [6.07, 6.45) is 0. The first kappa shape index (κ1) is 11.2. The maximum atomic E-state index is 13.2. The van der Waals surface area contributed by atoms with Gasteiger partial charge in [0.25, 0.3) is 0 Å². The Labute approximate surface area is 108 Å². The lowest BCUT2D eigenvalue weighted by Crippen LogP contribution is -2.02. The number of imidazole rings is 1. The fourth-order valence-electron chi connectivity index (χ4n) is 2.09. The van der Waals surface area contributed by atoms with Gasteiger partial charge < -0.3 is 5.73 Å². The van der Waals surface area contributed by atoms with Gasteiger partial charge >= 0.3 is 0 Å². The number of nitrogens with two attached hydrogens (primary N) is 1. The van der Waals surface area contributed by atoms with E-state index in [4.69, 9.17) is 11.0 Å². The molecule has 0 atom stereocenters. The van der Waals surface area contributed by atoms with Gasteiger partial charge in [0.15, 0.2) is 0 Å². The Kier molecular flexibility index (Phi) is 2.43. The number of benzene rings is 2. The van der Waals surface area contributed by atoms with Gasteiger partial charge in [-0.3, -0.25) is 4.57 Å². The van der Waals surface area contributed by atoms with Crippen LogP contribution < -0.4 is 5.73 Å². The third-order valence-corrected chi connectivity index (χ3v) is 2.91. The maximum Gasteiger partial charge on any atom is 0.205 e. The first-order valence-electron chi connectivity index (χ1n) is 5.63. The molecule has 1 heterocycles. The molecule has 5 heteroatoms. The number of anilines is 1. The van der Waals surface area contributed by atoms with Gasteiger partial charge in [0.1, 0.15) is 11.9 Å². The van der Waals surface area contributed by atoms with Crippen LogP contribution in [0.25, 0.3) is 16.7 Å². The molecule has 0 aliphatic rings. The highest BCUT2D eigenvalue weighted by Crippen LogP contribution is 2.25. The third kappa shape index (κ3) is 1.70. The number of aromatic nitrogens is 2. The van der Waals surface area contributed by atoms with E-state index in [2.05, 4.69) is 11.1 Å². The Morgan fingerprint density at radius 2 is 2.00 bits per heavy atom. The van der Waals surface area contributed by atoms with Gasteiger partial charge in [-0.1, -0.05) is 12.1 Å². The van der Waals surface area contributed by atoms with E-state index in [1.54, 1.807) is 28.8 Å².